The molecule has 7 heteroatoms. The number of aromatic nitrogens is 1. The van der Waals surface area contributed by atoms with Crippen LogP contribution in [0.4, 0.5) is 0 Å². The molecule has 2 aromatic rings. The lowest BCUT2D eigenvalue weighted by molar-refractivity contribution is -0.325. The van der Waals surface area contributed by atoms with Crippen LogP contribution in [0.15, 0.2) is 24.3 Å². The molecular weight excluding hydrogens is 308 g/mol. The standard InChI is InChI=1S/C13H13NO3S2.CH5N/c1-2-17-13(18)8(7-11(15)16)12-14-9-5-3-4-6-10(9)19-12;1-2/h3-6,8H,2,7H2,1H3,(H,15,16);2H2,1H3. The van der Waals surface area contributed by atoms with Crippen molar-refractivity contribution in [1.29, 1.82) is 0 Å². The molecule has 0 radical (unpaired) electrons. The summed E-state index contributed by atoms with van der Waals surface area (Å²) in [4.78, 5) is 15.3. The molecule has 1 unspecified atom stereocenters. The van der Waals surface area contributed by atoms with E-state index in [0.29, 0.717) is 11.6 Å². The van der Waals surface area contributed by atoms with E-state index in [9.17, 15) is 9.90 Å². The van der Waals surface area contributed by atoms with Gasteiger partial charge in [0.2, 0.25) is 0 Å². The van der Waals surface area contributed by atoms with Gasteiger partial charge in [0.05, 0.1) is 29.8 Å². The number of thiazole rings is 1. The summed E-state index contributed by atoms with van der Waals surface area (Å²) in [5, 5.41) is 11.8. The van der Waals surface area contributed by atoms with Gasteiger partial charge in [-0.2, -0.15) is 0 Å². The van der Waals surface area contributed by atoms with E-state index >= 15 is 0 Å². The van der Waals surface area contributed by atoms with E-state index < -0.39 is 11.9 Å². The number of carboxylic acid groups (broad SMARTS) is 1. The van der Waals surface area contributed by atoms with E-state index in [1.807, 2.05) is 24.3 Å². The summed E-state index contributed by atoms with van der Waals surface area (Å²) in [5.41, 5.74) is 4.09. The second-order valence-electron chi connectivity index (χ2n) is 3.90. The smallest absolute Gasteiger partial charge is 0.169 e. The topological polar surface area (TPSA) is 89.9 Å². The quantitative estimate of drug-likeness (QED) is 0.819. The van der Waals surface area contributed by atoms with Crippen molar-refractivity contribution in [2.75, 3.05) is 13.7 Å². The number of carboxylic acids is 1. The second kappa shape index (κ2) is 8.66. The van der Waals surface area contributed by atoms with E-state index in [-0.39, 0.29) is 11.5 Å². The van der Waals surface area contributed by atoms with E-state index in [1.54, 1.807) is 14.0 Å². The fraction of sp³-hybridized carbons (Fsp3) is 0.357. The number of hydrogen-bond acceptors (Lipinski definition) is 6. The third-order valence-corrected chi connectivity index (χ3v) is 4.10. The third-order valence-electron chi connectivity index (χ3n) is 2.55. The van der Waals surface area contributed by atoms with Crippen molar-refractivity contribution in [2.45, 2.75) is 19.3 Å². The Kier molecular flexibility index (Phi) is 7.21. The molecule has 0 spiro atoms. The third kappa shape index (κ3) is 4.73. The minimum atomic E-state index is -1.16. The molecule has 1 atom stereocenters. The molecule has 1 aromatic carbocycles. The number of ether oxygens (including phenoxy) is 1. The van der Waals surface area contributed by atoms with Gasteiger partial charge in [-0.15, -0.1) is 11.3 Å². The lowest BCUT2D eigenvalue weighted by Gasteiger charge is -2.16. The zero-order valence-corrected chi connectivity index (χ0v) is 13.6. The number of carbonyl (C=O) groups excluding carboxylic acids is 1. The number of benzene rings is 1. The normalized spacial score (nSPS) is 11.4. The fourth-order valence-electron chi connectivity index (χ4n) is 1.72. The summed E-state index contributed by atoms with van der Waals surface area (Å²) in [5.74, 6) is -1.69. The van der Waals surface area contributed by atoms with Gasteiger partial charge in [0.15, 0.2) is 5.05 Å². The summed E-state index contributed by atoms with van der Waals surface area (Å²) in [7, 11) is 1.75. The van der Waals surface area contributed by atoms with Crippen LogP contribution in [0.1, 0.15) is 24.3 Å². The van der Waals surface area contributed by atoms with Crippen LogP contribution < -0.4 is 10.8 Å². The van der Waals surface area contributed by atoms with Gasteiger partial charge in [-0.1, -0.05) is 12.1 Å². The summed E-state index contributed by atoms with van der Waals surface area (Å²) in [6, 6.07) is 7.63. The van der Waals surface area contributed by atoms with Crippen LogP contribution in [0.25, 0.3) is 10.2 Å². The number of quaternary nitrogens is 1. The van der Waals surface area contributed by atoms with Crippen LogP contribution in [-0.2, 0) is 9.53 Å². The highest BCUT2D eigenvalue weighted by Gasteiger charge is 2.22. The average Bonchev–Trinajstić information content (AvgIpc) is 2.90. The van der Waals surface area contributed by atoms with Crippen molar-refractivity contribution in [3.05, 3.63) is 29.3 Å². The molecule has 1 heterocycles. The van der Waals surface area contributed by atoms with Crippen LogP contribution in [0, 0.1) is 0 Å². The van der Waals surface area contributed by atoms with Crippen molar-refractivity contribution in [3.8, 4) is 0 Å². The van der Waals surface area contributed by atoms with Crippen LogP contribution >= 0.6 is 23.6 Å². The van der Waals surface area contributed by atoms with Gasteiger partial charge in [-0.25, -0.2) is 4.98 Å². The first kappa shape index (κ1) is 17.5. The van der Waals surface area contributed by atoms with E-state index in [4.69, 9.17) is 17.0 Å². The Morgan fingerprint density at radius 1 is 1.48 bits per heavy atom. The van der Waals surface area contributed by atoms with Crippen molar-refractivity contribution in [1.82, 2.24) is 4.98 Å². The Morgan fingerprint density at radius 2 is 2.14 bits per heavy atom. The number of thiocarbonyl (C=S) groups is 1. The first-order valence-electron chi connectivity index (χ1n) is 6.54. The lowest BCUT2D eigenvalue weighted by Crippen LogP contribution is -2.40. The van der Waals surface area contributed by atoms with Gasteiger partial charge >= 0.3 is 0 Å². The van der Waals surface area contributed by atoms with Gasteiger partial charge < -0.3 is 20.4 Å². The van der Waals surface area contributed by atoms with Gasteiger partial charge in [0.1, 0.15) is 5.01 Å². The Bertz CT molecular complexity index is 580. The number of para-hydroxylation sites is 1. The Morgan fingerprint density at radius 3 is 2.71 bits per heavy atom. The summed E-state index contributed by atoms with van der Waals surface area (Å²) >= 11 is 6.56. The molecule has 0 aliphatic rings. The molecule has 0 bridgehead atoms. The number of aliphatic carboxylic acids is 1. The lowest BCUT2D eigenvalue weighted by atomic mass is 10.1. The predicted molar refractivity (Wildman–Crippen MR) is 85.0 cm³/mol. The highest BCUT2D eigenvalue weighted by molar-refractivity contribution is 7.80. The zero-order valence-electron chi connectivity index (χ0n) is 12.0. The van der Waals surface area contributed by atoms with Crippen molar-refractivity contribution in [3.63, 3.8) is 0 Å². The second-order valence-corrected chi connectivity index (χ2v) is 5.37. The molecule has 0 saturated heterocycles. The maximum Gasteiger partial charge on any atom is 0.169 e. The fourth-order valence-corrected chi connectivity index (χ4v) is 3.17. The molecule has 0 aliphatic heterocycles. The van der Waals surface area contributed by atoms with Gasteiger partial charge in [0, 0.05) is 12.4 Å². The maximum absolute atomic E-state index is 10.9. The summed E-state index contributed by atoms with van der Waals surface area (Å²) in [6.45, 7) is 2.22. The van der Waals surface area contributed by atoms with Crippen LogP contribution in [0.5, 0.6) is 0 Å². The zero-order chi connectivity index (χ0) is 15.8. The molecule has 0 saturated carbocycles. The number of carbonyl (C=O) groups is 1. The highest BCUT2D eigenvalue weighted by atomic mass is 32.1. The molecule has 0 amide bonds. The van der Waals surface area contributed by atoms with Gasteiger partial charge in [-0.05, 0) is 31.3 Å². The summed E-state index contributed by atoms with van der Waals surface area (Å²) in [6.07, 6.45) is -0.210. The average molecular weight is 326 g/mol. The number of nitrogens with zero attached hydrogens (tertiary/aromatic N) is 1. The van der Waals surface area contributed by atoms with Gasteiger partial charge in [0.25, 0.3) is 0 Å². The van der Waals surface area contributed by atoms with Crippen LogP contribution in [-0.4, -0.2) is 29.7 Å². The minimum Gasteiger partial charge on any atom is -0.550 e. The maximum atomic E-state index is 10.9. The van der Waals surface area contributed by atoms with Gasteiger partial charge in [-0.3, -0.25) is 0 Å². The Balaban J connectivity index is 0.00000106. The molecular formula is C14H18N2O3S2. The monoisotopic (exact) mass is 326 g/mol. The molecule has 114 valence electrons. The Labute approximate surface area is 132 Å². The molecule has 3 N–H and O–H groups in total. The van der Waals surface area contributed by atoms with Crippen molar-refractivity contribution in [2.24, 2.45) is 0 Å². The van der Waals surface area contributed by atoms with Crippen LogP contribution in [0.3, 0.4) is 0 Å². The van der Waals surface area contributed by atoms with Crippen molar-refractivity contribution < 1.29 is 20.4 Å². The van der Waals surface area contributed by atoms with E-state index in [0.717, 1.165) is 10.2 Å². The molecule has 5 nitrogen and oxygen atoms in total. The van der Waals surface area contributed by atoms with E-state index in [2.05, 4.69) is 10.7 Å². The SMILES string of the molecule is CCOC(=S)C(CC(=O)[O-])c1nc2ccccc2s1.C[NH3+]. The molecule has 1 aromatic heterocycles. The molecule has 2 rings (SSSR count). The molecule has 21 heavy (non-hydrogen) atoms. The predicted octanol–water partition coefficient (Wildman–Crippen LogP) is 0.742. The summed E-state index contributed by atoms with van der Waals surface area (Å²) < 4.78 is 6.26. The van der Waals surface area contributed by atoms with E-state index in [1.165, 1.54) is 11.3 Å². The molecule has 0 fully saturated rings. The first-order valence-corrected chi connectivity index (χ1v) is 7.77. The highest BCUT2D eigenvalue weighted by Crippen LogP contribution is 2.30. The first-order chi connectivity index (χ1) is 10.1. The number of hydrogen-bond donors (Lipinski definition) is 1. The molecule has 0 aliphatic carbocycles. The number of fused-ring (bicyclic) bond motifs is 1. The Hall–Kier alpha value is -1.57. The largest absolute Gasteiger partial charge is 0.550 e. The number of rotatable bonds is 5. The van der Waals surface area contributed by atoms with Crippen molar-refractivity contribution >= 4 is 44.8 Å². The minimum absolute atomic E-state index is 0.210. The van der Waals surface area contributed by atoms with Crippen LogP contribution in [0.2, 0.25) is 0 Å².